The molecule has 0 fully saturated rings. The summed E-state index contributed by atoms with van der Waals surface area (Å²) in [5, 5.41) is 6.07. The minimum Gasteiger partial charge on any atom is -0.294 e. The van der Waals surface area contributed by atoms with Gasteiger partial charge in [0.1, 0.15) is 0 Å². The lowest BCUT2D eigenvalue weighted by Crippen LogP contribution is -2.40. The number of aromatic nitrogens is 4. The molecular weight excluding hydrogens is 296 g/mol. The molecule has 0 radical (unpaired) electrons. The van der Waals surface area contributed by atoms with Gasteiger partial charge < -0.3 is 0 Å². The van der Waals surface area contributed by atoms with E-state index in [2.05, 4.69) is 10.1 Å². The van der Waals surface area contributed by atoms with Gasteiger partial charge in [0.25, 0.3) is 5.56 Å². The van der Waals surface area contributed by atoms with Crippen molar-refractivity contribution in [3.63, 3.8) is 0 Å². The van der Waals surface area contributed by atoms with E-state index in [1.54, 1.807) is 19.1 Å². The molecule has 1 atom stereocenters. The highest BCUT2D eigenvalue weighted by Crippen LogP contribution is 2.28. The summed E-state index contributed by atoms with van der Waals surface area (Å²) in [5.41, 5.74) is 1.18. The van der Waals surface area contributed by atoms with Crippen molar-refractivity contribution in [2.45, 2.75) is 46.2 Å². The average molecular weight is 318 g/mol. The molecule has 0 saturated carbocycles. The molecule has 8 nitrogen and oxygen atoms in total. The van der Waals surface area contributed by atoms with E-state index < -0.39 is 0 Å². The van der Waals surface area contributed by atoms with Crippen molar-refractivity contribution < 1.29 is 0 Å². The fourth-order valence-corrected chi connectivity index (χ4v) is 2.99. The minimum absolute atomic E-state index is 0.0731. The second-order valence-electron chi connectivity index (χ2n) is 6.05. The van der Waals surface area contributed by atoms with Gasteiger partial charge >= 0.3 is 5.69 Å². The van der Waals surface area contributed by atoms with Gasteiger partial charge in [-0.1, -0.05) is 13.3 Å². The normalized spacial score (nSPS) is 17.5. The Balaban J connectivity index is 2.39. The number of rotatable bonds is 3. The lowest BCUT2D eigenvalue weighted by Gasteiger charge is -2.26. The van der Waals surface area contributed by atoms with Gasteiger partial charge in [-0.3, -0.25) is 18.5 Å². The highest BCUT2D eigenvalue weighted by Gasteiger charge is 2.28. The molecule has 23 heavy (non-hydrogen) atoms. The van der Waals surface area contributed by atoms with Crippen molar-refractivity contribution in [3.05, 3.63) is 20.8 Å². The van der Waals surface area contributed by atoms with E-state index >= 15 is 0 Å². The first-order valence-electron chi connectivity index (χ1n) is 7.89. The molecule has 1 aliphatic heterocycles. The number of fused-ring (bicyclic) bond motifs is 3. The monoisotopic (exact) mass is 318 g/mol. The van der Waals surface area contributed by atoms with Crippen LogP contribution in [-0.2, 0) is 13.6 Å². The Morgan fingerprint density at radius 2 is 1.91 bits per heavy atom. The SMILES string of the molecule is CCCCn1c(=O)c2c(nc3n2[C@H](C)C(C)=NN3C)n(C)c1=O. The molecule has 3 heterocycles. The Labute approximate surface area is 133 Å². The molecule has 124 valence electrons. The Bertz CT molecular complexity index is 917. The maximum Gasteiger partial charge on any atom is 0.332 e. The summed E-state index contributed by atoms with van der Waals surface area (Å²) >= 11 is 0. The number of anilines is 1. The highest BCUT2D eigenvalue weighted by molar-refractivity contribution is 5.90. The van der Waals surface area contributed by atoms with Crippen molar-refractivity contribution in [2.75, 3.05) is 12.1 Å². The van der Waals surface area contributed by atoms with Crippen LogP contribution in [0.5, 0.6) is 0 Å². The average Bonchev–Trinajstić information content (AvgIpc) is 2.92. The first-order valence-corrected chi connectivity index (χ1v) is 7.89. The van der Waals surface area contributed by atoms with Gasteiger partial charge in [-0.05, 0) is 20.3 Å². The molecule has 2 aromatic rings. The summed E-state index contributed by atoms with van der Waals surface area (Å²) < 4.78 is 4.64. The largest absolute Gasteiger partial charge is 0.332 e. The van der Waals surface area contributed by atoms with Gasteiger partial charge in [-0.25, -0.2) is 9.80 Å². The van der Waals surface area contributed by atoms with Crippen LogP contribution in [-0.4, -0.2) is 31.4 Å². The van der Waals surface area contributed by atoms with Crippen molar-refractivity contribution in [2.24, 2.45) is 12.1 Å². The van der Waals surface area contributed by atoms with E-state index in [4.69, 9.17) is 0 Å². The molecule has 0 unspecified atom stereocenters. The molecule has 0 bridgehead atoms. The number of imidazole rings is 1. The number of hydrazone groups is 1. The van der Waals surface area contributed by atoms with Gasteiger partial charge in [-0.2, -0.15) is 10.1 Å². The van der Waals surface area contributed by atoms with E-state index in [-0.39, 0.29) is 17.3 Å². The standard InChI is InChI=1S/C15H22N6O2/c1-6-7-8-20-13(22)11-12(18(4)15(20)23)16-14-19(5)17-9(2)10(3)21(11)14/h10H,6-8H2,1-5H3/t10-/m1/s1. The summed E-state index contributed by atoms with van der Waals surface area (Å²) in [4.78, 5) is 29.9. The quantitative estimate of drug-likeness (QED) is 0.848. The van der Waals surface area contributed by atoms with Crippen LogP contribution in [0, 0.1) is 0 Å². The first-order chi connectivity index (χ1) is 10.9. The predicted molar refractivity (Wildman–Crippen MR) is 90.4 cm³/mol. The summed E-state index contributed by atoms with van der Waals surface area (Å²) in [6.07, 6.45) is 1.71. The zero-order valence-corrected chi connectivity index (χ0v) is 14.2. The van der Waals surface area contributed by atoms with Gasteiger partial charge in [0, 0.05) is 20.6 Å². The molecule has 0 spiro atoms. The van der Waals surface area contributed by atoms with Crippen LogP contribution in [0.1, 0.15) is 39.7 Å². The maximum absolute atomic E-state index is 12.9. The summed E-state index contributed by atoms with van der Waals surface area (Å²) in [7, 11) is 3.45. The fraction of sp³-hybridized carbons (Fsp3) is 0.600. The number of nitrogens with zero attached hydrogens (tertiary/aromatic N) is 6. The first kappa shape index (κ1) is 15.5. The van der Waals surface area contributed by atoms with Crippen LogP contribution in [0.3, 0.4) is 0 Å². The molecule has 3 rings (SSSR count). The van der Waals surface area contributed by atoms with Gasteiger partial charge in [-0.15, -0.1) is 0 Å². The van der Waals surface area contributed by atoms with E-state index in [9.17, 15) is 9.59 Å². The van der Waals surface area contributed by atoms with Crippen molar-refractivity contribution >= 4 is 22.8 Å². The molecule has 0 N–H and O–H groups in total. The van der Waals surface area contributed by atoms with Crippen LogP contribution in [0.4, 0.5) is 5.95 Å². The maximum atomic E-state index is 12.9. The van der Waals surface area contributed by atoms with Crippen molar-refractivity contribution in [1.82, 2.24) is 18.7 Å². The summed E-state index contributed by atoms with van der Waals surface area (Å²) in [5.74, 6) is 0.582. The van der Waals surface area contributed by atoms with Crippen LogP contribution < -0.4 is 16.3 Å². The van der Waals surface area contributed by atoms with Crippen LogP contribution >= 0.6 is 0 Å². The zero-order chi connectivity index (χ0) is 16.9. The molecule has 1 aliphatic rings. The Kier molecular flexibility index (Phi) is 3.62. The lowest BCUT2D eigenvalue weighted by molar-refractivity contribution is 0.563. The summed E-state index contributed by atoms with van der Waals surface area (Å²) in [6.45, 7) is 6.37. The van der Waals surface area contributed by atoms with Crippen LogP contribution in [0.2, 0.25) is 0 Å². The van der Waals surface area contributed by atoms with E-state index in [1.807, 2.05) is 25.3 Å². The second-order valence-corrected chi connectivity index (χ2v) is 6.05. The van der Waals surface area contributed by atoms with Gasteiger partial charge in [0.2, 0.25) is 5.95 Å². The number of hydrogen-bond donors (Lipinski definition) is 0. The van der Waals surface area contributed by atoms with Gasteiger partial charge in [0.05, 0.1) is 11.8 Å². The molecule has 0 aromatic carbocycles. The van der Waals surface area contributed by atoms with E-state index in [0.717, 1.165) is 18.6 Å². The molecule has 0 aliphatic carbocycles. The minimum atomic E-state index is -0.320. The third-order valence-corrected chi connectivity index (χ3v) is 4.48. The Hall–Kier alpha value is -2.38. The summed E-state index contributed by atoms with van der Waals surface area (Å²) in [6, 6.07) is -0.0731. The molecule has 0 amide bonds. The third-order valence-electron chi connectivity index (χ3n) is 4.48. The van der Waals surface area contributed by atoms with E-state index in [0.29, 0.717) is 23.7 Å². The van der Waals surface area contributed by atoms with Crippen molar-refractivity contribution in [3.8, 4) is 0 Å². The lowest BCUT2D eigenvalue weighted by atomic mass is 10.2. The second kappa shape index (κ2) is 5.36. The molecule has 8 heteroatoms. The van der Waals surface area contributed by atoms with E-state index in [1.165, 1.54) is 9.13 Å². The topological polar surface area (TPSA) is 77.4 Å². The molecular formula is C15H22N6O2. The van der Waals surface area contributed by atoms with Crippen molar-refractivity contribution in [1.29, 1.82) is 0 Å². The number of hydrogen-bond acceptors (Lipinski definition) is 5. The fourth-order valence-electron chi connectivity index (χ4n) is 2.99. The number of aryl methyl sites for hydroxylation is 1. The van der Waals surface area contributed by atoms with Gasteiger partial charge in [0.15, 0.2) is 11.2 Å². The molecule has 0 saturated heterocycles. The molecule has 2 aromatic heterocycles. The predicted octanol–water partition coefficient (Wildman–Crippen LogP) is 1.08. The highest BCUT2D eigenvalue weighted by atomic mass is 16.2. The Morgan fingerprint density at radius 1 is 1.22 bits per heavy atom. The smallest absolute Gasteiger partial charge is 0.294 e. The van der Waals surface area contributed by atoms with Crippen LogP contribution in [0.15, 0.2) is 14.7 Å². The number of unbranched alkanes of at least 4 members (excludes halogenated alkanes) is 1. The van der Waals surface area contributed by atoms with Crippen LogP contribution in [0.25, 0.3) is 11.2 Å². The zero-order valence-electron chi connectivity index (χ0n) is 14.2. The Morgan fingerprint density at radius 3 is 2.57 bits per heavy atom. The third kappa shape index (κ3) is 2.12.